The fraction of sp³-hybridized carbons (Fsp3) is 0.306. The van der Waals surface area contributed by atoms with E-state index in [0.29, 0.717) is 91.6 Å². The van der Waals surface area contributed by atoms with Crippen LogP contribution in [0.15, 0.2) is 85.2 Å². The van der Waals surface area contributed by atoms with Gasteiger partial charge in [-0.2, -0.15) is 0 Å². The number of morpholine rings is 2. The molecule has 360 valence electrons. The summed E-state index contributed by atoms with van der Waals surface area (Å²) in [4.78, 5) is 50.6. The number of anilines is 7. The topological polar surface area (TPSA) is 186 Å². The molecule has 0 saturated carbocycles. The maximum Gasteiger partial charge on any atom is 0.257 e. The number of nitrogens with one attached hydrogen (secondary N) is 2. The van der Waals surface area contributed by atoms with Crippen LogP contribution in [0.4, 0.5) is 39.9 Å². The van der Waals surface area contributed by atoms with Crippen LogP contribution in [-0.4, -0.2) is 122 Å². The smallest absolute Gasteiger partial charge is 0.257 e. The molecule has 8 heterocycles. The predicted octanol–water partition coefficient (Wildman–Crippen LogP) is 8.12. The fourth-order valence-electron chi connectivity index (χ4n) is 8.23. The summed E-state index contributed by atoms with van der Waals surface area (Å²) in [6.45, 7) is 7.59. The van der Waals surface area contributed by atoms with Gasteiger partial charge in [-0.05, 0) is 60.7 Å². The number of aromatic nitrogens is 4. The van der Waals surface area contributed by atoms with E-state index >= 15 is 0 Å². The molecule has 2 saturated heterocycles. The van der Waals surface area contributed by atoms with Gasteiger partial charge in [0.2, 0.25) is 0 Å². The average molecular weight is 997 g/mol. The summed E-state index contributed by atoms with van der Waals surface area (Å²) in [6.07, 6.45) is 4.26. The van der Waals surface area contributed by atoms with Gasteiger partial charge in [0, 0.05) is 58.1 Å². The Hall–Kier alpha value is -6.63. The van der Waals surface area contributed by atoms with Gasteiger partial charge in [0.15, 0.2) is 11.5 Å². The minimum atomic E-state index is -0.0948. The molecular formula is C49H52Cl3N11O6. The van der Waals surface area contributed by atoms with E-state index in [1.54, 1.807) is 61.5 Å². The maximum atomic E-state index is 12.8. The van der Waals surface area contributed by atoms with Crippen LogP contribution < -0.4 is 35.6 Å². The molecular weight excluding hydrogens is 945 g/mol. The first kappa shape index (κ1) is 48.8. The molecule has 0 spiro atoms. The molecule has 69 heavy (non-hydrogen) atoms. The number of para-hydroxylation sites is 2. The van der Waals surface area contributed by atoms with Gasteiger partial charge in [0.05, 0.1) is 133 Å². The van der Waals surface area contributed by atoms with Crippen molar-refractivity contribution in [2.75, 3.05) is 107 Å². The Kier molecular flexibility index (Phi) is 15.7. The zero-order valence-electron chi connectivity index (χ0n) is 38.6. The van der Waals surface area contributed by atoms with E-state index < -0.39 is 0 Å². The number of pyridine rings is 4. The molecule has 20 heteroatoms. The number of hydrogen-bond donors (Lipinski definition) is 3. The first-order valence-corrected chi connectivity index (χ1v) is 23.3. The molecule has 10 rings (SSSR count). The van der Waals surface area contributed by atoms with Crippen molar-refractivity contribution in [3.05, 3.63) is 134 Å². The van der Waals surface area contributed by atoms with Gasteiger partial charge in [-0.25, -0.2) is 9.97 Å². The van der Waals surface area contributed by atoms with Crippen LogP contribution in [0.3, 0.4) is 0 Å². The monoisotopic (exact) mass is 995 g/mol. The molecule has 6 aromatic rings. The number of hydrogen-bond acceptors (Lipinski definition) is 15. The zero-order valence-corrected chi connectivity index (χ0v) is 40.9. The highest BCUT2D eigenvalue weighted by Crippen LogP contribution is 2.39. The van der Waals surface area contributed by atoms with Crippen molar-refractivity contribution in [1.82, 2.24) is 29.7 Å². The summed E-state index contributed by atoms with van der Waals surface area (Å²) in [5.41, 5.74) is 14.6. The molecule has 2 fully saturated rings. The van der Waals surface area contributed by atoms with E-state index in [9.17, 15) is 9.59 Å². The SMILES string of the molecule is COc1c(Cl)cccc1Nc1cc(Cc2ccc(N3CCOCC3)cn2)nc2c1C(=O)N(C)C2.COc1c(Cl)cccc1Nc1cc(Cl)nc2c1C(=O)N(C)C2.Nc1ccc(N2CCOCC2)cn1. The number of ether oxygens (including phenoxy) is 4. The Morgan fingerprint density at radius 1 is 0.623 bits per heavy atom. The van der Waals surface area contributed by atoms with Crippen molar-refractivity contribution in [3.8, 4) is 11.5 Å². The summed E-state index contributed by atoms with van der Waals surface area (Å²) < 4.78 is 21.5. The molecule has 0 atom stereocenters. The summed E-state index contributed by atoms with van der Waals surface area (Å²) in [5, 5.41) is 7.83. The van der Waals surface area contributed by atoms with Crippen LogP contribution in [-0.2, 0) is 29.0 Å². The molecule has 17 nitrogen and oxygen atoms in total. The number of rotatable bonds is 10. The van der Waals surface area contributed by atoms with Crippen LogP contribution in [0.2, 0.25) is 15.2 Å². The summed E-state index contributed by atoms with van der Waals surface area (Å²) >= 11 is 18.5. The quantitative estimate of drug-likeness (QED) is 0.112. The number of fused-ring (bicyclic) bond motifs is 2. The van der Waals surface area contributed by atoms with Crippen molar-refractivity contribution in [3.63, 3.8) is 0 Å². The molecule has 0 aliphatic carbocycles. The standard InChI is InChI=1S/C25H26ClN5O3.C15H13Cl2N3O2.C9H13N3O/c1-30-15-22-23(25(30)32)21(29-20-5-3-4-19(26)24(20)33-2)13-17(28-22)12-16-6-7-18(14-27-16)31-8-10-34-11-9-31;1-20-7-11-13(15(20)21)10(6-12(17)19-11)18-9-5-3-4-8(16)14(9)22-2;10-9-2-1-8(7-11-9)12-3-5-13-6-4-12/h3-7,13-14H,8-12,15H2,1-2H3,(H,28,29);3-6H,7H2,1-2H3,(H,18,19);1-2,7H,3-6H2,(H2,10,11). The number of benzene rings is 2. The summed E-state index contributed by atoms with van der Waals surface area (Å²) in [5.74, 6) is 1.44. The highest BCUT2D eigenvalue weighted by atomic mass is 35.5. The normalized spacial score (nSPS) is 15.1. The first-order chi connectivity index (χ1) is 33.4. The Labute approximate surface area is 415 Å². The molecule has 0 bridgehead atoms. The number of methoxy groups -OCH3 is 2. The highest BCUT2D eigenvalue weighted by molar-refractivity contribution is 6.33. The molecule has 0 radical (unpaired) electrons. The third-order valence-corrected chi connectivity index (χ3v) is 12.5. The van der Waals surface area contributed by atoms with E-state index in [2.05, 4.69) is 41.5 Å². The number of halogens is 3. The van der Waals surface area contributed by atoms with Crippen LogP contribution in [0.25, 0.3) is 0 Å². The second-order valence-electron chi connectivity index (χ2n) is 16.3. The molecule has 2 amide bonds. The lowest BCUT2D eigenvalue weighted by molar-refractivity contribution is 0.0809. The summed E-state index contributed by atoms with van der Waals surface area (Å²) in [6, 6.07) is 22.3. The van der Waals surface area contributed by atoms with Crippen molar-refractivity contribution in [2.45, 2.75) is 19.5 Å². The zero-order chi connectivity index (χ0) is 48.6. The van der Waals surface area contributed by atoms with E-state index in [-0.39, 0.29) is 11.8 Å². The lowest BCUT2D eigenvalue weighted by Crippen LogP contribution is -2.36. The van der Waals surface area contributed by atoms with Gasteiger partial charge < -0.3 is 54.9 Å². The van der Waals surface area contributed by atoms with Crippen molar-refractivity contribution in [1.29, 1.82) is 0 Å². The number of amides is 2. The first-order valence-electron chi connectivity index (χ1n) is 22.1. The van der Waals surface area contributed by atoms with Crippen molar-refractivity contribution in [2.24, 2.45) is 0 Å². The Bertz CT molecular complexity index is 2790. The Morgan fingerprint density at radius 2 is 1.12 bits per heavy atom. The van der Waals surface area contributed by atoms with Crippen LogP contribution >= 0.6 is 34.8 Å². The van der Waals surface area contributed by atoms with E-state index in [4.69, 9.17) is 64.5 Å². The van der Waals surface area contributed by atoms with Gasteiger partial charge in [0.25, 0.3) is 11.8 Å². The average Bonchev–Trinajstić information content (AvgIpc) is 3.81. The number of nitrogens with zero attached hydrogens (tertiary/aromatic N) is 8. The fourth-order valence-corrected chi connectivity index (χ4v) is 8.94. The second kappa shape index (κ2) is 22.2. The predicted molar refractivity (Wildman–Crippen MR) is 269 cm³/mol. The third-order valence-electron chi connectivity index (χ3n) is 11.7. The van der Waals surface area contributed by atoms with Gasteiger partial charge in [-0.3, -0.25) is 19.6 Å². The molecule has 4 aliphatic heterocycles. The van der Waals surface area contributed by atoms with E-state index in [1.807, 2.05) is 48.7 Å². The van der Waals surface area contributed by atoms with Crippen LogP contribution in [0.1, 0.15) is 43.5 Å². The minimum Gasteiger partial charge on any atom is -0.493 e. The summed E-state index contributed by atoms with van der Waals surface area (Å²) in [7, 11) is 6.61. The number of nitrogens with two attached hydrogens (primary N) is 1. The molecule has 4 aromatic heterocycles. The number of nitrogen functional groups attached to an aromatic ring is 1. The molecule has 4 aliphatic rings. The number of carbonyl (C=O) groups excluding carboxylic acids is 2. The van der Waals surface area contributed by atoms with E-state index in [0.717, 1.165) is 81.1 Å². The largest absolute Gasteiger partial charge is 0.493 e. The Morgan fingerprint density at radius 3 is 1.59 bits per heavy atom. The Balaban J connectivity index is 0.000000156. The lowest BCUT2D eigenvalue weighted by atomic mass is 10.1. The molecule has 2 aromatic carbocycles. The van der Waals surface area contributed by atoms with Gasteiger partial charge in [-0.1, -0.05) is 46.9 Å². The van der Waals surface area contributed by atoms with E-state index in [1.165, 1.54) is 7.11 Å². The van der Waals surface area contributed by atoms with Crippen molar-refractivity contribution >= 4 is 86.6 Å². The highest BCUT2D eigenvalue weighted by Gasteiger charge is 2.31. The molecule has 4 N–H and O–H groups in total. The lowest BCUT2D eigenvalue weighted by Gasteiger charge is -2.28. The van der Waals surface area contributed by atoms with Crippen LogP contribution in [0, 0.1) is 0 Å². The maximum absolute atomic E-state index is 12.8. The third kappa shape index (κ3) is 11.5. The minimum absolute atomic E-state index is 0.0643. The molecule has 0 unspecified atom stereocenters. The second-order valence-corrected chi connectivity index (χ2v) is 17.5. The van der Waals surface area contributed by atoms with Crippen LogP contribution in [0.5, 0.6) is 11.5 Å². The van der Waals surface area contributed by atoms with Gasteiger partial charge >= 0.3 is 0 Å². The number of carbonyl (C=O) groups is 2. The van der Waals surface area contributed by atoms with Gasteiger partial charge in [-0.15, -0.1) is 0 Å². The van der Waals surface area contributed by atoms with Crippen molar-refractivity contribution < 1.29 is 28.5 Å². The van der Waals surface area contributed by atoms with Gasteiger partial charge in [0.1, 0.15) is 11.0 Å².